The second-order valence-corrected chi connectivity index (χ2v) is 2.74. The Morgan fingerprint density at radius 2 is 2.14 bits per heavy atom. The topological polar surface area (TPSA) is 64.1 Å². The smallest absolute Gasteiger partial charge is 0.325 e. The monoisotopic (exact) mass is 195 g/mol. The van der Waals surface area contributed by atoms with Crippen LogP contribution in [0.3, 0.4) is 0 Å². The Hall–Kier alpha value is -1.65. The average Bonchev–Trinajstić information content (AvgIpc) is 2.17. The zero-order valence-electron chi connectivity index (χ0n) is 8.28. The summed E-state index contributed by atoms with van der Waals surface area (Å²) < 4.78 is 4.73. The highest BCUT2D eigenvalue weighted by atomic mass is 16.5. The number of hydrogen-bond donors (Lipinski definition) is 1. The predicted octanol–water partition coefficient (Wildman–Crippen LogP) is 0.760. The van der Waals surface area contributed by atoms with Crippen LogP contribution >= 0.6 is 0 Å². The van der Waals surface area contributed by atoms with E-state index in [9.17, 15) is 4.79 Å². The molecule has 5 nitrogen and oxygen atoms in total. The van der Waals surface area contributed by atoms with E-state index < -0.39 is 0 Å². The molecule has 0 spiro atoms. The van der Waals surface area contributed by atoms with Gasteiger partial charge in [-0.25, -0.2) is 9.97 Å². The molecule has 0 fully saturated rings. The number of anilines is 1. The third kappa shape index (κ3) is 3.38. The molecule has 0 aliphatic heterocycles. The molecule has 1 heterocycles. The van der Waals surface area contributed by atoms with Gasteiger partial charge in [0, 0.05) is 12.4 Å². The van der Waals surface area contributed by atoms with E-state index in [0.29, 0.717) is 12.6 Å². The predicted molar refractivity (Wildman–Crippen MR) is 51.9 cm³/mol. The van der Waals surface area contributed by atoms with E-state index in [1.165, 1.54) is 0 Å². The second-order valence-electron chi connectivity index (χ2n) is 2.74. The fraction of sp³-hybridized carbons (Fsp3) is 0.444. The first-order valence-electron chi connectivity index (χ1n) is 4.40. The van der Waals surface area contributed by atoms with E-state index >= 15 is 0 Å². The molecule has 14 heavy (non-hydrogen) atoms. The Labute approximate surface area is 82.5 Å². The fourth-order valence-electron chi connectivity index (χ4n) is 0.847. The molecule has 0 bridgehead atoms. The Kier molecular flexibility index (Phi) is 3.84. The number of esters is 1. The molecule has 0 atom stereocenters. The van der Waals surface area contributed by atoms with E-state index in [-0.39, 0.29) is 12.5 Å². The minimum Gasteiger partial charge on any atom is -0.465 e. The Morgan fingerprint density at radius 1 is 1.50 bits per heavy atom. The largest absolute Gasteiger partial charge is 0.465 e. The number of nitrogens with zero attached hydrogens (tertiary/aromatic N) is 2. The van der Waals surface area contributed by atoms with Crippen molar-refractivity contribution in [2.45, 2.75) is 13.8 Å². The van der Waals surface area contributed by atoms with Crippen LogP contribution in [0.2, 0.25) is 0 Å². The maximum Gasteiger partial charge on any atom is 0.325 e. The minimum absolute atomic E-state index is 0.0941. The standard InChI is InChI=1S/C9H13N3O2/c1-3-14-8(13)6-12-9-10-4-7(2)5-11-9/h4-5H,3,6H2,1-2H3,(H,10,11,12). The van der Waals surface area contributed by atoms with Gasteiger partial charge in [0.2, 0.25) is 5.95 Å². The molecule has 0 radical (unpaired) electrons. The lowest BCUT2D eigenvalue weighted by Crippen LogP contribution is -2.17. The van der Waals surface area contributed by atoms with Crippen LogP contribution in [0.1, 0.15) is 12.5 Å². The molecule has 0 saturated carbocycles. The first kappa shape index (κ1) is 10.4. The van der Waals surface area contributed by atoms with Gasteiger partial charge in [0.05, 0.1) is 6.61 Å². The normalized spacial score (nSPS) is 9.57. The molecule has 76 valence electrons. The number of carbonyl (C=O) groups is 1. The summed E-state index contributed by atoms with van der Waals surface area (Å²) in [6.45, 7) is 4.14. The maximum atomic E-state index is 10.9. The number of ether oxygens (including phenoxy) is 1. The molecule has 1 rings (SSSR count). The molecule has 0 aromatic carbocycles. The first-order chi connectivity index (χ1) is 6.72. The van der Waals surface area contributed by atoms with Gasteiger partial charge in [-0.2, -0.15) is 0 Å². The zero-order chi connectivity index (χ0) is 10.4. The summed E-state index contributed by atoms with van der Waals surface area (Å²) in [6, 6.07) is 0. The van der Waals surface area contributed by atoms with Gasteiger partial charge in [0.15, 0.2) is 0 Å². The number of rotatable bonds is 4. The molecule has 1 N–H and O–H groups in total. The van der Waals surface area contributed by atoms with Crippen molar-refractivity contribution in [3.05, 3.63) is 18.0 Å². The van der Waals surface area contributed by atoms with Crippen molar-refractivity contribution in [2.75, 3.05) is 18.5 Å². The summed E-state index contributed by atoms with van der Waals surface area (Å²) in [4.78, 5) is 18.9. The molecular weight excluding hydrogens is 182 g/mol. The van der Waals surface area contributed by atoms with Crippen LogP contribution in [0.4, 0.5) is 5.95 Å². The van der Waals surface area contributed by atoms with Crippen molar-refractivity contribution in [3.63, 3.8) is 0 Å². The van der Waals surface area contributed by atoms with Crippen LogP contribution in [0.5, 0.6) is 0 Å². The molecule has 0 aliphatic rings. The lowest BCUT2D eigenvalue weighted by Gasteiger charge is -2.03. The summed E-state index contributed by atoms with van der Waals surface area (Å²) >= 11 is 0. The van der Waals surface area contributed by atoms with Crippen LogP contribution in [0.25, 0.3) is 0 Å². The summed E-state index contributed by atoms with van der Waals surface area (Å²) in [5, 5.41) is 2.76. The number of nitrogens with one attached hydrogen (secondary N) is 1. The third-order valence-electron chi connectivity index (χ3n) is 1.48. The Bertz CT molecular complexity index is 297. The van der Waals surface area contributed by atoms with Crippen LogP contribution in [0.15, 0.2) is 12.4 Å². The van der Waals surface area contributed by atoms with Crippen molar-refractivity contribution >= 4 is 11.9 Å². The Morgan fingerprint density at radius 3 is 2.71 bits per heavy atom. The van der Waals surface area contributed by atoms with E-state index in [2.05, 4.69) is 15.3 Å². The number of aryl methyl sites for hydroxylation is 1. The fourth-order valence-corrected chi connectivity index (χ4v) is 0.847. The zero-order valence-corrected chi connectivity index (χ0v) is 8.28. The van der Waals surface area contributed by atoms with Gasteiger partial charge in [0.1, 0.15) is 6.54 Å². The highest BCUT2D eigenvalue weighted by Crippen LogP contribution is 1.97. The first-order valence-corrected chi connectivity index (χ1v) is 4.40. The van der Waals surface area contributed by atoms with Gasteiger partial charge in [-0.1, -0.05) is 0 Å². The number of aromatic nitrogens is 2. The Balaban J connectivity index is 2.38. The molecule has 1 aromatic rings. The van der Waals surface area contributed by atoms with Crippen molar-refractivity contribution in [3.8, 4) is 0 Å². The van der Waals surface area contributed by atoms with E-state index in [1.807, 2.05) is 6.92 Å². The van der Waals surface area contributed by atoms with Crippen molar-refractivity contribution in [1.29, 1.82) is 0 Å². The van der Waals surface area contributed by atoms with Gasteiger partial charge in [-0.15, -0.1) is 0 Å². The molecule has 5 heteroatoms. The minimum atomic E-state index is -0.309. The van der Waals surface area contributed by atoms with Crippen LogP contribution in [0, 0.1) is 6.92 Å². The summed E-state index contributed by atoms with van der Waals surface area (Å²) in [5.41, 5.74) is 0.978. The van der Waals surface area contributed by atoms with Crippen LogP contribution in [-0.4, -0.2) is 29.1 Å². The van der Waals surface area contributed by atoms with Gasteiger partial charge < -0.3 is 10.1 Å². The van der Waals surface area contributed by atoms with Crippen molar-refractivity contribution in [1.82, 2.24) is 9.97 Å². The lowest BCUT2D eigenvalue weighted by atomic mass is 10.4. The van der Waals surface area contributed by atoms with Crippen LogP contribution in [-0.2, 0) is 9.53 Å². The summed E-state index contributed by atoms with van der Waals surface area (Å²) in [7, 11) is 0. The molecule has 0 saturated heterocycles. The van der Waals surface area contributed by atoms with Gasteiger partial charge in [-0.3, -0.25) is 4.79 Å². The second kappa shape index (κ2) is 5.16. The third-order valence-corrected chi connectivity index (χ3v) is 1.48. The number of hydrogen-bond acceptors (Lipinski definition) is 5. The SMILES string of the molecule is CCOC(=O)CNc1ncc(C)cn1. The lowest BCUT2D eigenvalue weighted by molar-refractivity contribution is -0.140. The van der Waals surface area contributed by atoms with Gasteiger partial charge in [0.25, 0.3) is 0 Å². The molecule has 0 amide bonds. The van der Waals surface area contributed by atoms with E-state index in [1.54, 1.807) is 19.3 Å². The highest BCUT2D eigenvalue weighted by Gasteiger charge is 2.01. The molecule has 0 aliphatic carbocycles. The summed E-state index contributed by atoms with van der Waals surface area (Å²) in [5.74, 6) is 0.125. The van der Waals surface area contributed by atoms with Gasteiger partial charge in [-0.05, 0) is 19.4 Å². The molecule has 1 aromatic heterocycles. The van der Waals surface area contributed by atoms with Crippen molar-refractivity contribution in [2.24, 2.45) is 0 Å². The number of carbonyl (C=O) groups excluding carboxylic acids is 1. The van der Waals surface area contributed by atoms with E-state index in [4.69, 9.17) is 4.74 Å². The molecule has 0 unspecified atom stereocenters. The van der Waals surface area contributed by atoms with E-state index in [0.717, 1.165) is 5.56 Å². The molecular formula is C9H13N3O2. The maximum absolute atomic E-state index is 10.9. The average molecular weight is 195 g/mol. The highest BCUT2D eigenvalue weighted by molar-refractivity contribution is 5.74. The van der Waals surface area contributed by atoms with Crippen LogP contribution < -0.4 is 5.32 Å². The van der Waals surface area contributed by atoms with Crippen molar-refractivity contribution < 1.29 is 9.53 Å². The quantitative estimate of drug-likeness (QED) is 0.718. The van der Waals surface area contributed by atoms with Gasteiger partial charge >= 0.3 is 5.97 Å². The summed E-state index contributed by atoms with van der Waals surface area (Å²) in [6.07, 6.45) is 3.36.